The molecule has 0 aliphatic rings. The summed E-state index contributed by atoms with van der Waals surface area (Å²) in [6.07, 6.45) is 1.04. The highest BCUT2D eigenvalue weighted by molar-refractivity contribution is 7.15. The smallest absolute Gasteiger partial charge is 0.183 e. The summed E-state index contributed by atoms with van der Waals surface area (Å²) < 4.78 is 0. The van der Waals surface area contributed by atoms with Crippen LogP contribution in [0.15, 0.2) is 30.3 Å². The SMILES string of the molecule is CC(C)c1nc(NCCc2ccccc2)sc1C(C)C. The zero-order chi connectivity index (χ0) is 14.5. The van der Waals surface area contributed by atoms with Crippen LogP contribution in [0.2, 0.25) is 0 Å². The van der Waals surface area contributed by atoms with E-state index in [-0.39, 0.29) is 0 Å². The predicted octanol–water partition coefficient (Wildman–Crippen LogP) is 5.04. The second kappa shape index (κ2) is 6.89. The fraction of sp³-hybridized carbons (Fsp3) is 0.471. The van der Waals surface area contributed by atoms with E-state index in [1.54, 1.807) is 0 Å². The van der Waals surface area contributed by atoms with Crippen LogP contribution in [0.4, 0.5) is 5.13 Å². The Morgan fingerprint density at radius 1 is 1.05 bits per heavy atom. The van der Waals surface area contributed by atoms with Gasteiger partial charge >= 0.3 is 0 Å². The van der Waals surface area contributed by atoms with E-state index in [1.165, 1.54) is 16.1 Å². The van der Waals surface area contributed by atoms with E-state index < -0.39 is 0 Å². The van der Waals surface area contributed by atoms with E-state index in [1.807, 2.05) is 11.3 Å². The fourth-order valence-corrected chi connectivity index (χ4v) is 3.35. The Hall–Kier alpha value is -1.35. The summed E-state index contributed by atoms with van der Waals surface area (Å²) in [5, 5.41) is 4.53. The molecule has 3 heteroatoms. The second-order valence-electron chi connectivity index (χ2n) is 5.74. The van der Waals surface area contributed by atoms with Crippen molar-refractivity contribution in [2.75, 3.05) is 11.9 Å². The minimum Gasteiger partial charge on any atom is -0.361 e. The molecule has 2 rings (SSSR count). The van der Waals surface area contributed by atoms with Crippen molar-refractivity contribution in [2.24, 2.45) is 0 Å². The van der Waals surface area contributed by atoms with Crippen molar-refractivity contribution in [2.45, 2.75) is 46.0 Å². The van der Waals surface area contributed by atoms with Gasteiger partial charge in [-0.1, -0.05) is 58.0 Å². The van der Waals surface area contributed by atoms with Gasteiger partial charge in [-0.15, -0.1) is 11.3 Å². The van der Waals surface area contributed by atoms with Crippen LogP contribution in [-0.2, 0) is 6.42 Å². The molecule has 0 saturated heterocycles. The maximum atomic E-state index is 4.77. The van der Waals surface area contributed by atoms with Gasteiger partial charge in [-0.05, 0) is 23.8 Å². The number of aromatic nitrogens is 1. The number of anilines is 1. The maximum Gasteiger partial charge on any atom is 0.183 e. The molecule has 0 spiro atoms. The summed E-state index contributed by atoms with van der Waals surface area (Å²) in [6.45, 7) is 9.86. The topological polar surface area (TPSA) is 24.9 Å². The van der Waals surface area contributed by atoms with Gasteiger partial charge < -0.3 is 5.32 Å². The quantitative estimate of drug-likeness (QED) is 0.805. The predicted molar refractivity (Wildman–Crippen MR) is 88.9 cm³/mol. The average molecular weight is 288 g/mol. The number of rotatable bonds is 6. The Labute approximate surface area is 126 Å². The summed E-state index contributed by atoms with van der Waals surface area (Å²) in [5.41, 5.74) is 2.62. The van der Waals surface area contributed by atoms with E-state index in [9.17, 15) is 0 Å². The van der Waals surface area contributed by atoms with Gasteiger partial charge in [-0.2, -0.15) is 0 Å². The molecule has 0 aliphatic carbocycles. The van der Waals surface area contributed by atoms with Crippen LogP contribution in [0, 0.1) is 0 Å². The van der Waals surface area contributed by atoms with Crippen molar-refractivity contribution in [3.05, 3.63) is 46.5 Å². The third-order valence-electron chi connectivity index (χ3n) is 3.29. The van der Waals surface area contributed by atoms with Crippen LogP contribution in [0.1, 0.15) is 55.7 Å². The van der Waals surface area contributed by atoms with Gasteiger partial charge in [0.15, 0.2) is 5.13 Å². The van der Waals surface area contributed by atoms with Gasteiger partial charge in [-0.3, -0.25) is 0 Å². The molecule has 2 aromatic rings. The van der Waals surface area contributed by atoms with Crippen LogP contribution < -0.4 is 5.32 Å². The molecule has 0 atom stereocenters. The Balaban J connectivity index is 1.98. The van der Waals surface area contributed by atoms with E-state index >= 15 is 0 Å². The molecule has 0 radical (unpaired) electrons. The Bertz CT molecular complexity index is 504. The standard InChI is InChI=1S/C17H24N2S/c1-12(2)15-16(13(3)4)20-17(19-15)18-11-10-14-8-6-5-7-9-14/h5-9,12-13H,10-11H2,1-4H3,(H,18,19). The van der Waals surface area contributed by atoms with Crippen molar-refractivity contribution in [3.8, 4) is 0 Å². The molecule has 2 nitrogen and oxygen atoms in total. The number of nitrogens with zero attached hydrogens (tertiary/aromatic N) is 1. The molecule has 0 aliphatic heterocycles. The molecule has 0 amide bonds. The number of thiazole rings is 1. The molecule has 108 valence electrons. The first kappa shape index (κ1) is 15.0. The highest BCUT2D eigenvalue weighted by Gasteiger charge is 2.16. The van der Waals surface area contributed by atoms with E-state index in [0.29, 0.717) is 11.8 Å². The van der Waals surface area contributed by atoms with Crippen LogP contribution in [0.25, 0.3) is 0 Å². The summed E-state index contributed by atoms with van der Waals surface area (Å²) in [7, 11) is 0. The fourth-order valence-electron chi connectivity index (χ4n) is 2.21. The number of hydrogen-bond acceptors (Lipinski definition) is 3. The lowest BCUT2D eigenvalue weighted by atomic mass is 10.0. The van der Waals surface area contributed by atoms with Crippen molar-refractivity contribution >= 4 is 16.5 Å². The number of nitrogens with one attached hydrogen (secondary N) is 1. The molecular formula is C17H24N2S. The second-order valence-corrected chi connectivity index (χ2v) is 6.77. The molecule has 1 aromatic carbocycles. The molecule has 1 heterocycles. The van der Waals surface area contributed by atoms with Crippen molar-refractivity contribution in [1.82, 2.24) is 4.98 Å². The van der Waals surface area contributed by atoms with Crippen molar-refractivity contribution in [3.63, 3.8) is 0 Å². The molecule has 1 aromatic heterocycles. The van der Waals surface area contributed by atoms with Crippen LogP contribution >= 0.6 is 11.3 Å². The van der Waals surface area contributed by atoms with Crippen molar-refractivity contribution < 1.29 is 0 Å². The minimum absolute atomic E-state index is 0.494. The van der Waals surface area contributed by atoms with E-state index in [0.717, 1.165) is 18.1 Å². The van der Waals surface area contributed by atoms with E-state index in [2.05, 4.69) is 63.3 Å². The third-order valence-corrected chi connectivity index (χ3v) is 4.61. The lowest BCUT2D eigenvalue weighted by Gasteiger charge is -2.06. The van der Waals surface area contributed by atoms with E-state index in [4.69, 9.17) is 4.98 Å². The Kier molecular flexibility index (Phi) is 5.18. The lowest BCUT2D eigenvalue weighted by molar-refractivity contribution is 0.780. The normalized spacial score (nSPS) is 11.3. The first-order valence-corrected chi connectivity index (χ1v) is 8.18. The Morgan fingerprint density at radius 3 is 2.30 bits per heavy atom. The van der Waals surface area contributed by atoms with Gasteiger partial charge in [0.05, 0.1) is 5.69 Å². The van der Waals surface area contributed by atoms with Crippen LogP contribution in [0.3, 0.4) is 0 Å². The average Bonchev–Trinajstić information content (AvgIpc) is 2.85. The number of benzene rings is 1. The first-order valence-electron chi connectivity index (χ1n) is 7.36. The molecule has 0 saturated carbocycles. The zero-order valence-corrected chi connectivity index (χ0v) is 13.6. The van der Waals surface area contributed by atoms with Crippen molar-refractivity contribution in [1.29, 1.82) is 0 Å². The van der Waals surface area contributed by atoms with Crippen LogP contribution in [-0.4, -0.2) is 11.5 Å². The molecule has 0 bridgehead atoms. The Morgan fingerprint density at radius 2 is 1.75 bits per heavy atom. The van der Waals surface area contributed by atoms with Gasteiger partial charge in [-0.25, -0.2) is 4.98 Å². The summed E-state index contributed by atoms with van der Waals surface area (Å²) in [4.78, 5) is 6.19. The number of hydrogen-bond donors (Lipinski definition) is 1. The minimum atomic E-state index is 0.494. The molecule has 0 unspecified atom stereocenters. The first-order chi connectivity index (χ1) is 9.58. The summed E-state index contributed by atoms with van der Waals surface area (Å²) in [5.74, 6) is 1.04. The van der Waals surface area contributed by atoms with Gasteiger partial charge in [0.25, 0.3) is 0 Å². The highest BCUT2D eigenvalue weighted by Crippen LogP contribution is 2.33. The van der Waals surface area contributed by atoms with Crippen LogP contribution in [0.5, 0.6) is 0 Å². The third kappa shape index (κ3) is 3.83. The molecule has 1 N–H and O–H groups in total. The monoisotopic (exact) mass is 288 g/mol. The lowest BCUT2D eigenvalue weighted by Crippen LogP contribution is -2.04. The van der Waals surface area contributed by atoms with Gasteiger partial charge in [0.2, 0.25) is 0 Å². The molecule has 20 heavy (non-hydrogen) atoms. The summed E-state index contributed by atoms with van der Waals surface area (Å²) >= 11 is 1.81. The summed E-state index contributed by atoms with van der Waals surface area (Å²) in [6, 6.07) is 10.6. The van der Waals surface area contributed by atoms with Gasteiger partial charge in [0, 0.05) is 11.4 Å². The zero-order valence-electron chi connectivity index (χ0n) is 12.8. The molecular weight excluding hydrogens is 264 g/mol. The van der Waals surface area contributed by atoms with Gasteiger partial charge in [0.1, 0.15) is 0 Å². The largest absolute Gasteiger partial charge is 0.361 e. The highest BCUT2D eigenvalue weighted by atomic mass is 32.1. The molecule has 0 fully saturated rings. The maximum absolute atomic E-state index is 4.77.